The Bertz CT molecular complexity index is 915. The molecule has 1 heterocycles. The van der Waals surface area contributed by atoms with Gasteiger partial charge in [0.25, 0.3) is 0 Å². The van der Waals surface area contributed by atoms with E-state index in [0.29, 0.717) is 11.5 Å². The van der Waals surface area contributed by atoms with Gasteiger partial charge in [-0.1, -0.05) is 51.1 Å². The van der Waals surface area contributed by atoms with Gasteiger partial charge in [-0.15, -0.1) is 0 Å². The van der Waals surface area contributed by atoms with Crippen LogP contribution < -0.4 is 4.74 Å². The first-order valence-corrected chi connectivity index (χ1v) is 12.6. The van der Waals surface area contributed by atoms with Crippen LogP contribution in [0.3, 0.4) is 0 Å². The first kappa shape index (κ1) is 23.8. The third-order valence-corrected chi connectivity index (χ3v) is 7.66. The molecular weight excluding hydrogens is 410 g/mol. The number of ether oxygens (including phenoxy) is 1. The highest BCUT2D eigenvalue weighted by atomic mass is 16.5. The first-order valence-electron chi connectivity index (χ1n) is 12.6. The van der Waals surface area contributed by atoms with Crippen molar-refractivity contribution < 1.29 is 14.6 Å². The fourth-order valence-corrected chi connectivity index (χ4v) is 5.41. The topological polar surface area (TPSA) is 49.8 Å². The summed E-state index contributed by atoms with van der Waals surface area (Å²) in [5, 5.41) is 9.20. The van der Waals surface area contributed by atoms with E-state index < -0.39 is 5.97 Å². The fraction of sp³-hybridized carbons (Fsp3) is 0.552. The summed E-state index contributed by atoms with van der Waals surface area (Å²) >= 11 is 0. The van der Waals surface area contributed by atoms with Crippen molar-refractivity contribution in [1.82, 2.24) is 4.90 Å². The summed E-state index contributed by atoms with van der Waals surface area (Å²) in [4.78, 5) is 13.5. The molecule has 0 atom stereocenters. The van der Waals surface area contributed by atoms with Crippen LogP contribution in [-0.2, 0) is 11.3 Å². The minimum Gasteiger partial charge on any atom is -0.490 e. The van der Waals surface area contributed by atoms with Gasteiger partial charge in [-0.05, 0) is 97.8 Å². The fourth-order valence-electron chi connectivity index (χ4n) is 5.41. The molecule has 1 saturated carbocycles. The lowest BCUT2D eigenvalue weighted by Gasteiger charge is -2.36. The maximum absolute atomic E-state index is 11.2. The van der Waals surface area contributed by atoms with Crippen LogP contribution in [0.5, 0.6) is 5.75 Å². The zero-order chi connectivity index (χ0) is 23.4. The van der Waals surface area contributed by atoms with E-state index in [1.54, 1.807) is 0 Å². The lowest BCUT2D eigenvalue weighted by Crippen LogP contribution is -2.35. The second kappa shape index (κ2) is 10.3. The van der Waals surface area contributed by atoms with Gasteiger partial charge in [0.05, 0.1) is 12.0 Å². The molecule has 4 nitrogen and oxygen atoms in total. The van der Waals surface area contributed by atoms with Crippen LogP contribution in [0.15, 0.2) is 48.5 Å². The van der Waals surface area contributed by atoms with Crippen LogP contribution in [0, 0.1) is 17.3 Å². The minimum absolute atomic E-state index is 0.179. The highest BCUT2D eigenvalue weighted by Crippen LogP contribution is 2.39. The molecule has 4 heteroatoms. The predicted octanol–water partition coefficient (Wildman–Crippen LogP) is 6.63. The standard InChI is InChI=1S/C29H39NO3/c1-29(2,3)25-9-13-27(14-10-25)33-26-11-7-22(8-12-26)24-6-4-5-21(19-24)20-30-17-15-23(16-18-30)28(31)32/h4-8,11-12,19,23,25,27H,9-10,13-18,20H2,1-3H3,(H,31,32)/t25-,27-. The monoisotopic (exact) mass is 449 g/mol. The minimum atomic E-state index is -0.651. The molecule has 1 saturated heterocycles. The first-order chi connectivity index (χ1) is 15.8. The molecule has 0 unspecified atom stereocenters. The van der Waals surface area contributed by atoms with Crippen LogP contribution in [0.4, 0.5) is 0 Å². The third kappa shape index (κ3) is 6.38. The van der Waals surface area contributed by atoms with Crippen LogP contribution >= 0.6 is 0 Å². The molecule has 2 aliphatic rings. The Labute approximate surface area is 199 Å². The van der Waals surface area contributed by atoms with Crippen molar-refractivity contribution in [3.63, 3.8) is 0 Å². The van der Waals surface area contributed by atoms with Gasteiger partial charge in [-0.25, -0.2) is 0 Å². The van der Waals surface area contributed by atoms with Gasteiger partial charge in [-0.2, -0.15) is 0 Å². The highest BCUT2D eigenvalue weighted by molar-refractivity contribution is 5.70. The number of hydrogen-bond acceptors (Lipinski definition) is 3. The Morgan fingerprint density at radius 3 is 2.21 bits per heavy atom. The van der Waals surface area contributed by atoms with E-state index in [2.05, 4.69) is 74.2 Å². The van der Waals surface area contributed by atoms with Crippen LogP contribution in [0.25, 0.3) is 11.1 Å². The molecule has 0 radical (unpaired) electrons. The third-order valence-electron chi connectivity index (χ3n) is 7.66. The normalized spacial score (nSPS) is 22.8. The van der Waals surface area contributed by atoms with Crippen LogP contribution in [0.2, 0.25) is 0 Å². The molecule has 2 aromatic carbocycles. The largest absolute Gasteiger partial charge is 0.490 e. The van der Waals surface area contributed by atoms with E-state index in [9.17, 15) is 9.90 Å². The summed E-state index contributed by atoms with van der Waals surface area (Å²) < 4.78 is 6.31. The number of rotatable bonds is 6. The molecule has 0 spiro atoms. The summed E-state index contributed by atoms with van der Waals surface area (Å²) in [6, 6.07) is 17.2. The van der Waals surface area contributed by atoms with Crippen molar-refractivity contribution in [3.05, 3.63) is 54.1 Å². The molecule has 0 amide bonds. The quantitative estimate of drug-likeness (QED) is 0.537. The van der Waals surface area contributed by atoms with Crippen molar-refractivity contribution in [2.45, 2.75) is 71.9 Å². The number of likely N-dealkylation sites (tertiary alicyclic amines) is 1. The van der Waals surface area contributed by atoms with Gasteiger partial charge >= 0.3 is 5.97 Å². The Morgan fingerprint density at radius 1 is 0.939 bits per heavy atom. The highest BCUT2D eigenvalue weighted by Gasteiger charge is 2.30. The maximum atomic E-state index is 11.2. The summed E-state index contributed by atoms with van der Waals surface area (Å²) in [7, 11) is 0. The van der Waals surface area contributed by atoms with E-state index in [0.717, 1.165) is 57.0 Å². The van der Waals surface area contributed by atoms with E-state index in [-0.39, 0.29) is 5.92 Å². The second-order valence-corrected chi connectivity index (χ2v) is 11.1. The van der Waals surface area contributed by atoms with Gasteiger partial charge in [0, 0.05) is 6.54 Å². The van der Waals surface area contributed by atoms with Gasteiger partial charge < -0.3 is 9.84 Å². The summed E-state index contributed by atoms with van der Waals surface area (Å²) in [5.74, 6) is 0.939. The lowest BCUT2D eigenvalue weighted by molar-refractivity contribution is -0.143. The van der Waals surface area contributed by atoms with Crippen molar-refractivity contribution in [1.29, 1.82) is 0 Å². The molecule has 1 aliphatic heterocycles. The van der Waals surface area contributed by atoms with E-state index >= 15 is 0 Å². The van der Waals surface area contributed by atoms with Crippen molar-refractivity contribution >= 4 is 5.97 Å². The molecule has 178 valence electrons. The maximum Gasteiger partial charge on any atom is 0.306 e. The van der Waals surface area contributed by atoms with E-state index in [1.807, 2.05) is 0 Å². The summed E-state index contributed by atoms with van der Waals surface area (Å²) in [6.45, 7) is 9.64. The Hall–Kier alpha value is -2.33. The molecule has 4 rings (SSSR count). The molecule has 1 N–H and O–H groups in total. The van der Waals surface area contributed by atoms with Crippen molar-refractivity contribution in [2.24, 2.45) is 17.3 Å². The molecule has 0 aromatic heterocycles. The number of aliphatic carboxylic acids is 1. The van der Waals surface area contributed by atoms with Gasteiger partial charge in [0.2, 0.25) is 0 Å². The molecule has 33 heavy (non-hydrogen) atoms. The van der Waals surface area contributed by atoms with Gasteiger partial charge in [-0.3, -0.25) is 9.69 Å². The Balaban J connectivity index is 1.31. The van der Waals surface area contributed by atoms with Crippen molar-refractivity contribution in [2.75, 3.05) is 13.1 Å². The van der Waals surface area contributed by atoms with E-state index in [4.69, 9.17) is 4.74 Å². The number of carboxylic acids is 1. The molecule has 0 bridgehead atoms. The number of carboxylic acid groups (broad SMARTS) is 1. The predicted molar refractivity (Wildman–Crippen MR) is 133 cm³/mol. The lowest BCUT2D eigenvalue weighted by atomic mass is 9.72. The summed E-state index contributed by atoms with van der Waals surface area (Å²) in [6.07, 6.45) is 6.64. The molecule has 1 aliphatic carbocycles. The van der Waals surface area contributed by atoms with E-state index in [1.165, 1.54) is 29.5 Å². The zero-order valence-electron chi connectivity index (χ0n) is 20.4. The number of carbonyl (C=O) groups is 1. The van der Waals surface area contributed by atoms with Crippen LogP contribution in [-0.4, -0.2) is 35.2 Å². The molecule has 2 aromatic rings. The Morgan fingerprint density at radius 2 is 1.61 bits per heavy atom. The number of hydrogen-bond donors (Lipinski definition) is 1. The second-order valence-electron chi connectivity index (χ2n) is 11.1. The van der Waals surface area contributed by atoms with Gasteiger partial charge in [0.1, 0.15) is 5.75 Å². The van der Waals surface area contributed by atoms with Crippen molar-refractivity contribution in [3.8, 4) is 16.9 Å². The SMILES string of the molecule is CC(C)(C)[C@H]1CC[C@H](Oc2ccc(-c3cccc(CN4CCC(C(=O)O)CC4)c3)cc2)CC1. The number of benzene rings is 2. The smallest absolute Gasteiger partial charge is 0.306 e. The Kier molecular flexibility index (Phi) is 7.43. The van der Waals surface area contributed by atoms with Crippen LogP contribution in [0.1, 0.15) is 64.9 Å². The number of nitrogens with zero attached hydrogens (tertiary/aromatic N) is 1. The average molecular weight is 450 g/mol. The van der Waals surface area contributed by atoms with Gasteiger partial charge in [0.15, 0.2) is 0 Å². The molecule has 2 fully saturated rings. The zero-order valence-corrected chi connectivity index (χ0v) is 20.4. The average Bonchev–Trinajstić information content (AvgIpc) is 2.80. The number of piperidine rings is 1. The summed E-state index contributed by atoms with van der Waals surface area (Å²) in [5.41, 5.74) is 4.09. The molecular formula is C29H39NO3.